The lowest BCUT2D eigenvalue weighted by molar-refractivity contribution is 0.0963. The van der Waals surface area contributed by atoms with Crippen LogP contribution in [0.1, 0.15) is 14.5 Å². The molecular weight excluding hydrogens is 444 g/mol. The van der Waals surface area contributed by atoms with E-state index < -0.39 is 12.9 Å². The summed E-state index contributed by atoms with van der Waals surface area (Å²) in [7, 11) is 3.24. The lowest BCUT2D eigenvalue weighted by Crippen LogP contribution is -2.20. The topological polar surface area (TPSA) is 119 Å². The minimum absolute atomic E-state index is 0.0487. The minimum atomic E-state index is -2.70. The maximum Gasteiger partial charge on any atom is 0.256 e. The lowest BCUT2D eigenvalue weighted by Gasteiger charge is -2.16. The van der Waals surface area contributed by atoms with Crippen molar-refractivity contribution in [3.63, 3.8) is 0 Å². The molecule has 2 aromatic heterocycles. The zero-order valence-electron chi connectivity index (χ0n) is 20.6. The third-order valence-electron chi connectivity index (χ3n) is 4.56. The monoisotopic (exact) mass is 467 g/mol. The van der Waals surface area contributed by atoms with Crippen molar-refractivity contribution in [1.82, 2.24) is 30.0 Å². The number of carbonyl (C=O) groups is 1. The number of carbonyl (C=O) groups excluding carboxylic acids is 1. The average molecular weight is 468 g/mol. The van der Waals surface area contributed by atoms with E-state index in [0.717, 1.165) is 0 Å². The van der Waals surface area contributed by atoms with Gasteiger partial charge in [0.15, 0.2) is 11.6 Å². The van der Waals surface area contributed by atoms with Gasteiger partial charge in [-0.15, -0.1) is 0 Å². The van der Waals surface area contributed by atoms with Gasteiger partial charge in [0.1, 0.15) is 17.7 Å². The number of anilines is 4. The van der Waals surface area contributed by atoms with E-state index in [9.17, 15) is 4.79 Å². The number of para-hydroxylation sites is 1. The number of aryl methyl sites for hydroxylation is 1. The standard InChI is InChI=1S/C22H21ClN8O2/c1-24-21(32)16-11-25-22(27-14-9-7-13(23)8-10-14)29-20(16)28-17-6-4-5-15(18(17)33-3)19-26-12-31(2)30-19/h4-12H,1-3H3,(H,24,32)(H2,25,27,28,29)/i1D3. The molecule has 0 bridgehead atoms. The molecule has 168 valence electrons. The number of methoxy groups -OCH3 is 1. The van der Waals surface area contributed by atoms with Crippen LogP contribution in [0.15, 0.2) is 55.0 Å². The molecule has 33 heavy (non-hydrogen) atoms. The number of rotatable bonds is 7. The average Bonchev–Trinajstić information content (AvgIpc) is 3.25. The summed E-state index contributed by atoms with van der Waals surface area (Å²) < 4.78 is 29.3. The second-order valence-electron chi connectivity index (χ2n) is 6.80. The van der Waals surface area contributed by atoms with Crippen molar-refractivity contribution in [2.45, 2.75) is 0 Å². The van der Waals surface area contributed by atoms with Crippen LogP contribution < -0.4 is 20.7 Å². The summed E-state index contributed by atoms with van der Waals surface area (Å²) in [5.41, 5.74) is 1.62. The van der Waals surface area contributed by atoms with Gasteiger partial charge in [0.05, 0.1) is 18.4 Å². The van der Waals surface area contributed by atoms with Crippen molar-refractivity contribution >= 4 is 40.6 Å². The quantitative estimate of drug-likeness (QED) is 0.375. The number of nitrogens with zero attached hydrogens (tertiary/aromatic N) is 5. The van der Waals surface area contributed by atoms with Gasteiger partial charge in [-0.05, 0) is 36.4 Å². The van der Waals surface area contributed by atoms with E-state index in [-0.39, 0.29) is 17.3 Å². The first-order chi connectivity index (χ1) is 17.1. The summed E-state index contributed by atoms with van der Waals surface area (Å²) in [5.74, 6) is 0.166. The van der Waals surface area contributed by atoms with Gasteiger partial charge in [0.25, 0.3) is 5.91 Å². The molecule has 0 atom stereocenters. The zero-order chi connectivity index (χ0) is 25.9. The van der Waals surface area contributed by atoms with E-state index in [2.05, 4.69) is 30.7 Å². The van der Waals surface area contributed by atoms with Crippen LogP contribution in [0.4, 0.5) is 23.1 Å². The van der Waals surface area contributed by atoms with Crippen LogP contribution in [0.2, 0.25) is 5.02 Å². The molecule has 0 aliphatic carbocycles. The van der Waals surface area contributed by atoms with E-state index in [4.69, 9.17) is 20.5 Å². The van der Waals surface area contributed by atoms with E-state index in [1.807, 2.05) is 5.32 Å². The van der Waals surface area contributed by atoms with Crippen LogP contribution in [0, 0.1) is 0 Å². The molecule has 2 aromatic carbocycles. The molecule has 0 spiro atoms. The van der Waals surface area contributed by atoms with Crippen molar-refractivity contribution in [1.29, 1.82) is 0 Å². The Morgan fingerprint density at radius 2 is 1.97 bits per heavy atom. The second kappa shape index (κ2) is 9.53. The normalized spacial score (nSPS) is 12.3. The predicted octanol–water partition coefficient (Wildman–Crippen LogP) is 3.78. The van der Waals surface area contributed by atoms with Gasteiger partial charge in [-0.3, -0.25) is 9.48 Å². The maximum absolute atomic E-state index is 12.7. The molecule has 4 aromatic rings. The third kappa shape index (κ3) is 4.85. The molecule has 11 heteroatoms. The van der Waals surface area contributed by atoms with Crippen molar-refractivity contribution in [2.24, 2.45) is 7.05 Å². The largest absolute Gasteiger partial charge is 0.494 e. The van der Waals surface area contributed by atoms with Gasteiger partial charge in [-0.1, -0.05) is 17.7 Å². The number of amides is 1. The highest BCUT2D eigenvalue weighted by Gasteiger charge is 2.19. The maximum atomic E-state index is 12.7. The molecule has 2 heterocycles. The first kappa shape index (κ1) is 18.4. The third-order valence-corrected chi connectivity index (χ3v) is 4.81. The number of ether oxygens (including phenoxy) is 1. The van der Waals surface area contributed by atoms with Crippen LogP contribution in [0.3, 0.4) is 0 Å². The Hall–Kier alpha value is -4.18. The summed E-state index contributed by atoms with van der Waals surface area (Å²) in [6, 6.07) is 12.1. The van der Waals surface area contributed by atoms with Gasteiger partial charge in [-0.25, -0.2) is 9.97 Å². The van der Waals surface area contributed by atoms with Crippen LogP contribution in [0.25, 0.3) is 11.4 Å². The predicted molar refractivity (Wildman–Crippen MR) is 126 cm³/mol. The minimum Gasteiger partial charge on any atom is -0.494 e. The Morgan fingerprint density at radius 3 is 2.67 bits per heavy atom. The SMILES string of the molecule is [2H]C([2H])([2H])NC(=O)c1cnc(Nc2ccc(Cl)cc2)nc1Nc1cccc(-c2ncn(C)n2)c1OC. The van der Waals surface area contributed by atoms with Gasteiger partial charge >= 0.3 is 0 Å². The molecule has 3 N–H and O–H groups in total. The fourth-order valence-electron chi connectivity index (χ4n) is 3.05. The number of aromatic nitrogens is 5. The summed E-state index contributed by atoms with van der Waals surface area (Å²) in [6.45, 7) is -2.70. The Morgan fingerprint density at radius 1 is 1.15 bits per heavy atom. The molecule has 10 nitrogen and oxygen atoms in total. The van der Waals surface area contributed by atoms with E-state index in [1.165, 1.54) is 13.3 Å². The highest BCUT2D eigenvalue weighted by atomic mass is 35.5. The van der Waals surface area contributed by atoms with Crippen LogP contribution in [0.5, 0.6) is 5.75 Å². The molecule has 4 rings (SSSR count). The van der Waals surface area contributed by atoms with Crippen molar-refractivity contribution < 1.29 is 13.6 Å². The highest BCUT2D eigenvalue weighted by molar-refractivity contribution is 6.30. The van der Waals surface area contributed by atoms with Gasteiger partial charge < -0.3 is 20.7 Å². The first-order valence-electron chi connectivity index (χ1n) is 11.1. The van der Waals surface area contributed by atoms with Crippen LogP contribution >= 0.6 is 11.6 Å². The number of hydrogen-bond donors (Lipinski definition) is 3. The summed E-state index contributed by atoms with van der Waals surface area (Å²) >= 11 is 5.94. The van der Waals surface area contributed by atoms with E-state index in [1.54, 1.807) is 60.5 Å². The van der Waals surface area contributed by atoms with Crippen LogP contribution in [-0.2, 0) is 7.05 Å². The lowest BCUT2D eigenvalue weighted by atomic mass is 10.1. The molecule has 0 unspecified atom stereocenters. The summed E-state index contributed by atoms with van der Waals surface area (Å²) in [6.07, 6.45) is 2.79. The van der Waals surface area contributed by atoms with Gasteiger partial charge in [0, 0.05) is 35.0 Å². The molecular formula is C22H21ClN8O2. The molecule has 0 fully saturated rings. The number of nitrogens with one attached hydrogen (secondary N) is 3. The number of halogens is 1. The Labute approximate surface area is 199 Å². The van der Waals surface area contributed by atoms with E-state index in [0.29, 0.717) is 33.5 Å². The Balaban J connectivity index is 1.74. The van der Waals surface area contributed by atoms with Crippen LogP contribution in [-0.4, -0.2) is 44.7 Å². The molecule has 0 aliphatic rings. The molecule has 0 aliphatic heterocycles. The van der Waals surface area contributed by atoms with Crippen molar-refractivity contribution in [3.8, 4) is 17.1 Å². The number of benzene rings is 2. The Bertz CT molecular complexity index is 1390. The van der Waals surface area contributed by atoms with Gasteiger partial charge in [0.2, 0.25) is 5.95 Å². The Kier molecular flexibility index (Phi) is 5.31. The van der Waals surface area contributed by atoms with Crippen molar-refractivity contribution in [2.75, 3.05) is 24.7 Å². The highest BCUT2D eigenvalue weighted by Crippen LogP contribution is 2.36. The molecule has 0 radical (unpaired) electrons. The first-order valence-corrected chi connectivity index (χ1v) is 10.0. The number of hydrogen-bond acceptors (Lipinski definition) is 8. The van der Waals surface area contributed by atoms with Crippen molar-refractivity contribution in [3.05, 3.63) is 65.6 Å². The fourth-order valence-corrected chi connectivity index (χ4v) is 3.18. The summed E-state index contributed by atoms with van der Waals surface area (Å²) in [5, 5.41) is 12.9. The van der Waals surface area contributed by atoms with Gasteiger partial charge in [-0.2, -0.15) is 10.1 Å². The molecule has 1 amide bonds. The van der Waals surface area contributed by atoms with E-state index >= 15 is 0 Å². The zero-order valence-corrected chi connectivity index (χ0v) is 18.4. The summed E-state index contributed by atoms with van der Waals surface area (Å²) in [4.78, 5) is 25.6. The fraction of sp³-hybridized carbons (Fsp3) is 0.136. The second-order valence-corrected chi connectivity index (χ2v) is 7.23. The molecule has 0 saturated carbocycles. The smallest absolute Gasteiger partial charge is 0.256 e. The molecule has 0 saturated heterocycles.